The molecule has 6 nitrogen and oxygen atoms in total. The minimum absolute atomic E-state index is 0.0714. The zero-order chi connectivity index (χ0) is 16.7. The van der Waals surface area contributed by atoms with Crippen LogP contribution >= 0.6 is 0 Å². The second-order valence-corrected chi connectivity index (χ2v) is 8.00. The first-order valence-electron chi connectivity index (χ1n) is 7.82. The van der Waals surface area contributed by atoms with Crippen LogP contribution in [-0.4, -0.2) is 52.1 Å². The average Bonchev–Trinajstić information content (AvgIpc) is 2.86. The van der Waals surface area contributed by atoms with Gasteiger partial charge in [0.15, 0.2) is 9.84 Å². The first-order chi connectivity index (χ1) is 11.0. The Bertz CT molecular complexity index is 631. The molecule has 1 aliphatic rings. The van der Waals surface area contributed by atoms with Gasteiger partial charge >= 0.3 is 0 Å². The van der Waals surface area contributed by atoms with Crippen molar-refractivity contribution in [1.82, 2.24) is 10.6 Å². The summed E-state index contributed by atoms with van der Waals surface area (Å²) in [5, 5.41) is 6.01. The lowest BCUT2D eigenvalue weighted by atomic mass is 10.1. The largest absolute Gasteiger partial charge is 0.497 e. The van der Waals surface area contributed by atoms with Crippen molar-refractivity contribution in [3.05, 3.63) is 29.8 Å². The normalized spacial score (nSPS) is 19.4. The van der Waals surface area contributed by atoms with Gasteiger partial charge in [-0.25, -0.2) is 8.42 Å². The van der Waals surface area contributed by atoms with Crippen LogP contribution in [-0.2, 0) is 21.1 Å². The number of methoxy groups -OCH3 is 1. The highest BCUT2D eigenvalue weighted by Gasteiger charge is 2.28. The Labute approximate surface area is 137 Å². The molecule has 23 heavy (non-hydrogen) atoms. The van der Waals surface area contributed by atoms with Gasteiger partial charge in [-0.05, 0) is 37.1 Å². The van der Waals surface area contributed by atoms with E-state index in [0.29, 0.717) is 19.4 Å². The summed E-state index contributed by atoms with van der Waals surface area (Å²) in [4.78, 5) is 11.8. The maximum absolute atomic E-state index is 11.8. The van der Waals surface area contributed by atoms with Gasteiger partial charge in [0.1, 0.15) is 5.75 Å². The lowest BCUT2D eigenvalue weighted by Gasteiger charge is -2.11. The third-order valence-corrected chi connectivity index (χ3v) is 5.62. The number of carbonyl (C=O) groups is 1. The molecular formula is C16H24N2O4S. The number of rotatable bonds is 8. The molecule has 1 aromatic carbocycles. The Morgan fingerprint density at radius 1 is 1.35 bits per heavy atom. The SMILES string of the molecule is COc1cccc(CCNCCC(=O)NC2CCS(=O)(=O)C2)c1. The maximum Gasteiger partial charge on any atom is 0.221 e. The van der Waals surface area contributed by atoms with Gasteiger partial charge in [-0.2, -0.15) is 0 Å². The summed E-state index contributed by atoms with van der Waals surface area (Å²) in [6.07, 6.45) is 1.74. The molecule has 1 aromatic rings. The number of nitrogens with one attached hydrogen (secondary N) is 2. The summed E-state index contributed by atoms with van der Waals surface area (Å²) < 4.78 is 27.8. The van der Waals surface area contributed by atoms with E-state index in [1.54, 1.807) is 7.11 Å². The van der Waals surface area contributed by atoms with E-state index in [1.165, 1.54) is 5.56 Å². The van der Waals surface area contributed by atoms with Gasteiger partial charge < -0.3 is 15.4 Å². The molecule has 128 valence electrons. The van der Waals surface area contributed by atoms with Crippen molar-refractivity contribution in [3.8, 4) is 5.75 Å². The van der Waals surface area contributed by atoms with Gasteiger partial charge in [-0.3, -0.25) is 4.79 Å². The van der Waals surface area contributed by atoms with E-state index in [2.05, 4.69) is 10.6 Å². The van der Waals surface area contributed by atoms with Crippen LogP contribution in [0.5, 0.6) is 5.75 Å². The van der Waals surface area contributed by atoms with Crippen LogP contribution in [0, 0.1) is 0 Å². The van der Waals surface area contributed by atoms with E-state index in [4.69, 9.17) is 4.74 Å². The summed E-state index contributed by atoms with van der Waals surface area (Å²) in [6.45, 7) is 1.35. The predicted molar refractivity (Wildman–Crippen MR) is 89.4 cm³/mol. The molecule has 1 fully saturated rings. The highest BCUT2D eigenvalue weighted by molar-refractivity contribution is 7.91. The number of ether oxygens (including phenoxy) is 1. The van der Waals surface area contributed by atoms with Crippen LogP contribution in [0.4, 0.5) is 0 Å². The van der Waals surface area contributed by atoms with Crippen LogP contribution < -0.4 is 15.4 Å². The summed E-state index contributed by atoms with van der Waals surface area (Å²) in [6, 6.07) is 7.68. The monoisotopic (exact) mass is 340 g/mol. The second-order valence-electron chi connectivity index (χ2n) is 5.77. The van der Waals surface area contributed by atoms with Crippen molar-refractivity contribution in [1.29, 1.82) is 0 Å². The minimum atomic E-state index is -2.95. The molecule has 1 heterocycles. The molecule has 0 aromatic heterocycles. The standard InChI is InChI=1S/C16H24N2O4S/c1-22-15-4-2-3-13(11-15)5-8-17-9-6-16(19)18-14-7-10-23(20,21)12-14/h2-4,11,14,17H,5-10,12H2,1H3,(H,18,19). The average molecular weight is 340 g/mol. The van der Waals surface area contributed by atoms with Crippen LogP contribution in [0.1, 0.15) is 18.4 Å². The summed E-state index contributed by atoms with van der Waals surface area (Å²) in [5.74, 6) is 0.994. The Balaban J connectivity index is 1.59. The molecule has 0 bridgehead atoms. The molecule has 0 saturated carbocycles. The topological polar surface area (TPSA) is 84.5 Å². The van der Waals surface area contributed by atoms with Gasteiger partial charge in [-0.1, -0.05) is 12.1 Å². The van der Waals surface area contributed by atoms with E-state index in [1.807, 2.05) is 24.3 Å². The number of hydrogen-bond acceptors (Lipinski definition) is 5. The molecule has 2 N–H and O–H groups in total. The zero-order valence-electron chi connectivity index (χ0n) is 13.4. The molecule has 1 atom stereocenters. The Hall–Kier alpha value is -1.60. The maximum atomic E-state index is 11.8. The van der Waals surface area contributed by atoms with Crippen LogP contribution in [0.2, 0.25) is 0 Å². The first-order valence-corrected chi connectivity index (χ1v) is 9.64. The Morgan fingerprint density at radius 2 is 2.17 bits per heavy atom. The fourth-order valence-electron chi connectivity index (χ4n) is 2.60. The van der Waals surface area contributed by atoms with E-state index in [9.17, 15) is 13.2 Å². The highest BCUT2D eigenvalue weighted by Crippen LogP contribution is 2.12. The van der Waals surface area contributed by atoms with Gasteiger partial charge in [0.05, 0.1) is 18.6 Å². The molecule has 1 saturated heterocycles. The van der Waals surface area contributed by atoms with Gasteiger partial charge in [0.25, 0.3) is 0 Å². The summed E-state index contributed by atoms with van der Waals surface area (Å²) in [7, 11) is -1.30. The van der Waals surface area contributed by atoms with Crippen LogP contribution in [0.15, 0.2) is 24.3 Å². The third kappa shape index (κ3) is 6.19. The number of sulfone groups is 1. The van der Waals surface area contributed by atoms with Crippen molar-refractivity contribution < 1.29 is 17.9 Å². The van der Waals surface area contributed by atoms with Crippen LogP contribution in [0.25, 0.3) is 0 Å². The van der Waals surface area contributed by atoms with Crippen molar-refractivity contribution in [2.24, 2.45) is 0 Å². The molecular weight excluding hydrogens is 316 g/mol. The molecule has 1 unspecified atom stereocenters. The van der Waals surface area contributed by atoms with Gasteiger partial charge in [0, 0.05) is 19.0 Å². The number of amides is 1. The number of carbonyl (C=O) groups excluding carboxylic acids is 1. The van der Waals surface area contributed by atoms with Crippen LogP contribution in [0.3, 0.4) is 0 Å². The third-order valence-electron chi connectivity index (χ3n) is 3.85. The molecule has 0 spiro atoms. The zero-order valence-corrected chi connectivity index (χ0v) is 14.2. The van der Waals surface area contributed by atoms with Gasteiger partial charge in [0.2, 0.25) is 5.91 Å². The Kier molecular flexibility index (Phi) is 6.41. The Morgan fingerprint density at radius 3 is 2.87 bits per heavy atom. The molecule has 1 aliphatic heterocycles. The lowest BCUT2D eigenvalue weighted by Crippen LogP contribution is -2.37. The van der Waals surface area contributed by atoms with Crippen molar-refractivity contribution in [2.75, 3.05) is 31.7 Å². The number of hydrogen-bond donors (Lipinski definition) is 2. The van der Waals surface area contributed by atoms with Gasteiger partial charge in [-0.15, -0.1) is 0 Å². The second kappa shape index (κ2) is 8.31. The smallest absolute Gasteiger partial charge is 0.221 e. The van der Waals surface area contributed by atoms with Crippen molar-refractivity contribution in [2.45, 2.75) is 25.3 Å². The first kappa shape index (κ1) is 17.7. The molecule has 1 amide bonds. The predicted octanol–water partition coefficient (Wildman–Crippen LogP) is 0.521. The molecule has 2 rings (SSSR count). The van der Waals surface area contributed by atoms with E-state index < -0.39 is 9.84 Å². The summed E-state index contributed by atoms with van der Waals surface area (Å²) >= 11 is 0. The fourth-order valence-corrected chi connectivity index (χ4v) is 4.27. The minimum Gasteiger partial charge on any atom is -0.497 e. The highest BCUT2D eigenvalue weighted by atomic mass is 32.2. The van der Waals surface area contributed by atoms with E-state index >= 15 is 0 Å². The quantitative estimate of drug-likeness (QED) is 0.674. The molecule has 7 heteroatoms. The fraction of sp³-hybridized carbons (Fsp3) is 0.562. The lowest BCUT2D eigenvalue weighted by molar-refractivity contribution is -0.121. The number of benzene rings is 1. The van der Waals surface area contributed by atoms with E-state index in [0.717, 1.165) is 18.7 Å². The van der Waals surface area contributed by atoms with Crippen molar-refractivity contribution >= 4 is 15.7 Å². The van der Waals surface area contributed by atoms with E-state index in [-0.39, 0.29) is 23.5 Å². The molecule has 0 radical (unpaired) electrons. The van der Waals surface area contributed by atoms with Crippen molar-refractivity contribution in [3.63, 3.8) is 0 Å². The summed E-state index contributed by atoms with van der Waals surface area (Å²) in [5.41, 5.74) is 1.18. The molecule has 0 aliphatic carbocycles.